The fourth-order valence-electron chi connectivity index (χ4n) is 2.67. The van der Waals surface area contributed by atoms with Gasteiger partial charge in [0, 0.05) is 31.9 Å². The van der Waals surface area contributed by atoms with Gasteiger partial charge in [-0.25, -0.2) is 14.6 Å². The van der Waals surface area contributed by atoms with Gasteiger partial charge in [0.15, 0.2) is 5.65 Å². The Morgan fingerprint density at radius 2 is 2.06 bits per heavy atom. The molecule has 0 unspecified atom stereocenters. The molecule has 0 bridgehead atoms. The number of aromatic nitrogens is 4. The second-order valence-corrected chi connectivity index (χ2v) is 4.84. The second kappa shape index (κ2) is 4.07. The largest absolute Gasteiger partial charge is 0.306 e. The van der Waals surface area contributed by atoms with E-state index in [-0.39, 0.29) is 0 Å². The van der Waals surface area contributed by atoms with E-state index in [4.69, 9.17) is 0 Å². The lowest BCUT2D eigenvalue weighted by molar-refractivity contribution is 0.248. The minimum atomic E-state index is 0.495. The van der Waals surface area contributed by atoms with E-state index in [1.165, 1.54) is 19.4 Å². The third kappa shape index (κ3) is 1.80. The van der Waals surface area contributed by atoms with Crippen LogP contribution in [0.5, 0.6) is 0 Å². The summed E-state index contributed by atoms with van der Waals surface area (Å²) in [6.45, 7) is 2.26. The van der Waals surface area contributed by atoms with Gasteiger partial charge in [0.2, 0.25) is 0 Å². The van der Waals surface area contributed by atoms with Crippen molar-refractivity contribution in [2.45, 2.75) is 18.8 Å². The summed E-state index contributed by atoms with van der Waals surface area (Å²) in [6.07, 6.45) is 5.91. The number of aryl methyl sites for hydroxylation is 1. The quantitative estimate of drug-likeness (QED) is 0.739. The predicted molar refractivity (Wildman–Crippen MR) is 65.8 cm³/mol. The number of rotatable bonds is 1. The molecule has 0 N–H and O–H groups in total. The Morgan fingerprint density at radius 3 is 2.88 bits per heavy atom. The van der Waals surface area contributed by atoms with Crippen LogP contribution in [-0.2, 0) is 7.05 Å². The van der Waals surface area contributed by atoms with E-state index in [1.807, 2.05) is 11.7 Å². The molecule has 1 fully saturated rings. The van der Waals surface area contributed by atoms with Crippen LogP contribution in [-0.4, -0.2) is 44.8 Å². The zero-order chi connectivity index (χ0) is 11.8. The topological polar surface area (TPSA) is 46.8 Å². The molecule has 2 aromatic rings. The van der Waals surface area contributed by atoms with Crippen LogP contribution in [0.4, 0.5) is 0 Å². The monoisotopic (exact) mass is 231 g/mol. The Labute approximate surface area is 100 Å². The molecule has 0 aliphatic carbocycles. The highest BCUT2D eigenvalue weighted by molar-refractivity contribution is 5.73. The highest BCUT2D eigenvalue weighted by Gasteiger charge is 2.24. The summed E-state index contributed by atoms with van der Waals surface area (Å²) in [4.78, 5) is 11.1. The minimum absolute atomic E-state index is 0.495. The third-order valence-corrected chi connectivity index (χ3v) is 3.50. The van der Waals surface area contributed by atoms with Crippen molar-refractivity contribution in [2.75, 3.05) is 20.1 Å². The van der Waals surface area contributed by atoms with E-state index in [2.05, 4.69) is 27.0 Å². The lowest BCUT2D eigenvalue weighted by atomic mass is 9.95. The molecule has 1 saturated heterocycles. The van der Waals surface area contributed by atoms with Gasteiger partial charge in [-0.3, -0.25) is 0 Å². The normalized spacial score (nSPS) is 22.1. The van der Waals surface area contributed by atoms with Crippen LogP contribution in [0.2, 0.25) is 0 Å². The molecule has 3 heterocycles. The van der Waals surface area contributed by atoms with Crippen LogP contribution in [0.15, 0.2) is 12.4 Å². The van der Waals surface area contributed by atoms with Crippen LogP contribution in [0.25, 0.3) is 11.2 Å². The van der Waals surface area contributed by atoms with Crippen LogP contribution in [0.3, 0.4) is 0 Å². The van der Waals surface area contributed by atoms with E-state index in [0.717, 1.165) is 23.4 Å². The van der Waals surface area contributed by atoms with Gasteiger partial charge in [-0.15, -0.1) is 0 Å². The standard InChI is InChI=1S/C12H17N5/c1-16-7-3-4-9(8-16)10-11-12(17(2)15-10)14-6-5-13-11/h5-6,9H,3-4,7-8H2,1-2H3/t9-/m1/s1. The molecule has 5 heteroatoms. The molecule has 1 aliphatic rings. The lowest BCUT2D eigenvalue weighted by Crippen LogP contribution is -2.31. The van der Waals surface area contributed by atoms with Gasteiger partial charge in [0.05, 0.1) is 5.69 Å². The summed E-state index contributed by atoms with van der Waals surface area (Å²) in [6, 6.07) is 0. The van der Waals surface area contributed by atoms with Crippen molar-refractivity contribution in [1.29, 1.82) is 0 Å². The second-order valence-electron chi connectivity index (χ2n) is 4.84. The molecular formula is C12H17N5. The number of likely N-dealkylation sites (tertiary alicyclic amines) is 1. The number of nitrogens with zero attached hydrogens (tertiary/aromatic N) is 5. The first-order chi connectivity index (χ1) is 8.25. The Bertz CT molecular complexity index is 533. The molecule has 0 spiro atoms. The molecule has 1 atom stereocenters. The van der Waals surface area contributed by atoms with E-state index in [1.54, 1.807) is 12.4 Å². The van der Waals surface area contributed by atoms with Crippen molar-refractivity contribution < 1.29 is 0 Å². The molecular weight excluding hydrogens is 214 g/mol. The van der Waals surface area contributed by atoms with E-state index < -0.39 is 0 Å². The molecule has 2 aromatic heterocycles. The van der Waals surface area contributed by atoms with E-state index in [9.17, 15) is 0 Å². The van der Waals surface area contributed by atoms with Gasteiger partial charge in [0.25, 0.3) is 0 Å². The summed E-state index contributed by atoms with van der Waals surface area (Å²) in [7, 11) is 4.11. The highest BCUT2D eigenvalue weighted by Crippen LogP contribution is 2.28. The Kier molecular flexibility index (Phi) is 2.55. The van der Waals surface area contributed by atoms with Crippen LogP contribution >= 0.6 is 0 Å². The summed E-state index contributed by atoms with van der Waals surface area (Å²) >= 11 is 0. The fourth-order valence-corrected chi connectivity index (χ4v) is 2.67. The van der Waals surface area contributed by atoms with Crippen molar-refractivity contribution >= 4 is 11.2 Å². The van der Waals surface area contributed by atoms with Crippen LogP contribution in [0, 0.1) is 0 Å². The van der Waals surface area contributed by atoms with Crippen LogP contribution < -0.4 is 0 Å². The smallest absolute Gasteiger partial charge is 0.176 e. The number of fused-ring (bicyclic) bond motifs is 1. The van der Waals surface area contributed by atoms with Gasteiger partial charge in [-0.2, -0.15) is 5.10 Å². The number of hydrogen-bond acceptors (Lipinski definition) is 4. The van der Waals surface area contributed by atoms with Gasteiger partial charge in [0.1, 0.15) is 5.52 Å². The summed E-state index contributed by atoms with van der Waals surface area (Å²) in [5.74, 6) is 0.495. The Morgan fingerprint density at radius 1 is 1.24 bits per heavy atom. The maximum absolute atomic E-state index is 4.61. The van der Waals surface area contributed by atoms with E-state index in [0.29, 0.717) is 5.92 Å². The van der Waals surface area contributed by atoms with Crippen LogP contribution in [0.1, 0.15) is 24.5 Å². The SMILES string of the molecule is CN1CCC[C@@H](c2nn(C)c3nccnc23)C1. The highest BCUT2D eigenvalue weighted by atomic mass is 15.3. The Balaban J connectivity index is 2.05. The minimum Gasteiger partial charge on any atom is -0.306 e. The molecule has 0 amide bonds. The van der Waals surface area contributed by atoms with E-state index >= 15 is 0 Å². The zero-order valence-corrected chi connectivity index (χ0v) is 10.3. The van der Waals surface area contributed by atoms with Crippen molar-refractivity contribution in [3.63, 3.8) is 0 Å². The number of piperidine rings is 1. The average Bonchev–Trinajstić information content (AvgIpc) is 2.68. The third-order valence-electron chi connectivity index (χ3n) is 3.50. The predicted octanol–water partition coefficient (Wildman–Crippen LogP) is 1.17. The maximum Gasteiger partial charge on any atom is 0.176 e. The Hall–Kier alpha value is -1.49. The average molecular weight is 231 g/mol. The molecule has 0 aromatic carbocycles. The van der Waals surface area contributed by atoms with Crippen molar-refractivity contribution in [3.8, 4) is 0 Å². The van der Waals surface area contributed by atoms with Crippen molar-refractivity contribution in [2.24, 2.45) is 7.05 Å². The molecule has 1 aliphatic heterocycles. The molecule has 0 radical (unpaired) electrons. The first-order valence-corrected chi connectivity index (χ1v) is 6.08. The number of hydrogen-bond donors (Lipinski definition) is 0. The van der Waals surface area contributed by atoms with Crippen molar-refractivity contribution in [1.82, 2.24) is 24.6 Å². The summed E-state index contributed by atoms with van der Waals surface area (Å²) in [5, 5.41) is 4.61. The molecule has 5 nitrogen and oxygen atoms in total. The van der Waals surface area contributed by atoms with Gasteiger partial charge in [-0.1, -0.05) is 0 Å². The number of likely N-dealkylation sites (N-methyl/N-ethyl adjacent to an activating group) is 1. The molecule has 17 heavy (non-hydrogen) atoms. The van der Waals surface area contributed by atoms with Gasteiger partial charge < -0.3 is 4.90 Å². The first-order valence-electron chi connectivity index (χ1n) is 6.08. The summed E-state index contributed by atoms with van der Waals surface area (Å²) < 4.78 is 1.84. The summed E-state index contributed by atoms with van der Waals surface area (Å²) in [5.41, 5.74) is 2.97. The van der Waals surface area contributed by atoms with Gasteiger partial charge >= 0.3 is 0 Å². The maximum atomic E-state index is 4.61. The van der Waals surface area contributed by atoms with Gasteiger partial charge in [-0.05, 0) is 26.4 Å². The molecule has 0 saturated carbocycles. The molecule has 3 rings (SSSR count). The van der Waals surface area contributed by atoms with Crippen molar-refractivity contribution in [3.05, 3.63) is 18.1 Å². The molecule has 90 valence electrons. The first kappa shape index (κ1) is 10.7. The fraction of sp³-hybridized carbons (Fsp3) is 0.583. The zero-order valence-electron chi connectivity index (χ0n) is 10.3. The lowest BCUT2D eigenvalue weighted by Gasteiger charge is -2.28.